The molecule has 1 fully saturated rings. The van der Waals surface area contributed by atoms with Crippen molar-refractivity contribution in [2.45, 2.75) is 46.5 Å². The lowest BCUT2D eigenvalue weighted by Gasteiger charge is -2.27. The number of carbonyl (C=O) groups is 1. The average Bonchev–Trinajstić information content (AvgIpc) is 2.27. The molecule has 1 heterocycles. The lowest BCUT2D eigenvalue weighted by Crippen LogP contribution is -2.43. The van der Waals surface area contributed by atoms with Crippen molar-refractivity contribution in [2.75, 3.05) is 19.6 Å². The first-order valence-corrected chi connectivity index (χ1v) is 6.53. The first kappa shape index (κ1) is 13.5. The van der Waals surface area contributed by atoms with Crippen LogP contribution < -0.4 is 10.6 Å². The lowest BCUT2D eigenvalue weighted by atomic mass is 9.87. The van der Waals surface area contributed by atoms with E-state index >= 15 is 0 Å². The van der Waals surface area contributed by atoms with E-state index in [1.807, 2.05) is 0 Å². The van der Waals surface area contributed by atoms with Gasteiger partial charge in [-0.2, -0.15) is 0 Å². The van der Waals surface area contributed by atoms with Crippen LogP contribution in [-0.4, -0.2) is 25.5 Å². The number of rotatable bonds is 5. The molecule has 1 saturated heterocycles. The zero-order chi connectivity index (χ0) is 12.0. The van der Waals surface area contributed by atoms with Gasteiger partial charge in [0.25, 0.3) is 0 Å². The van der Waals surface area contributed by atoms with Crippen molar-refractivity contribution < 1.29 is 4.79 Å². The van der Waals surface area contributed by atoms with E-state index in [1.165, 1.54) is 6.42 Å². The first-order chi connectivity index (χ1) is 7.55. The molecular weight excluding hydrogens is 200 g/mol. The Labute approximate surface area is 99.4 Å². The summed E-state index contributed by atoms with van der Waals surface area (Å²) < 4.78 is 0. The molecule has 3 heteroatoms. The minimum Gasteiger partial charge on any atom is -0.355 e. The van der Waals surface area contributed by atoms with Crippen LogP contribution in [-0.2, 0) is 4.79 Å². The number of hydrogen-bond donors (Lipinski definition) is 2. The molecule has 0 spiro atoms. The summed E-state index contributed by atoms with van der Waals surface area (Å²) in [7, 11) is 0. The van der Waals surface area contributed by atoms with Crippen LogP contribution in [0.5, 0.6) is 0 Å². The molecular formula is C13H26N2O. The summed E-state index contributed by atoms with van der Waals surface area (Å²) in [5, 5.41) is 6.38. The maximum atomic E-state index is 11.9. The molecule has 0 aliphatic carbocycles. The second-order valence-electron chi connectivity index (χ2n) is 5.68. The summed E-state index contributed by atoms with van der Waals surface area (Å²) in [5.41, 5.74) is 0.229. The molecule has 16 heavy (non-hydrogen) atoms. The highest BCUT2D eigenvalue weighted by atomic mass is 16.1. The van der Waals surface area contributed by atoms with Crippen LogP contribution in [0.15, 0.2) is 0 Å². The number of carbonyl (C=O) groups excluding carboxylic acids is 1. The van der Waals surface area contributed by atoms with Crippen molar-refractivity contribution >= 4 is 5.91 Å². The molecule has 1 rings (SSSR count). The Morgan fingerprint density at radius 1 is 1.50 bits per heavy atom. The number of nitrogens with one attached hydrogen (secondary N) is 2. The molecule has 0 aromatic heterocycles. The van der Waals surface area contributed by atoms with E-state index in [0.29, 0.717) is 0 Å². The lowest BCUT2D eigenvalue weighted by molar-refractivity contribution is -0.125. The molecule has 0 bridgehead atoms. The van der Waals surface area contributed by atoms with Crippen LogP contribution in [0.2, 0.25) is 0 Å². The summed E-state index contributed by atoms with van der Waals surface area (Å²) >= 11 is 0. The summed E-state index contributed by atoms with van der Waals surface area (Å²) in [6.45, 7) is 9.34. The van der Waals surface area contributed by atoms with E-state index in [9.17, 15) is 4.79 Å². The predicted molar refractivity (Wildman–Crippen MR) is 67.3 cm³/mol. The van der Waals surface area contributed by atoms with E-state index in [1.54, 1.807) is 0 Å². The molecule has 0 saturated carbocycles. The zero-order valence-corrected chi connectivity index (χ0v) is 10.9. The Balaban J connectivity index is 2.28. The topological polar surface area (TPSA) is 41.1 Å². The molecule has 1 aliphatic rings. The van der Waals surface area contributed by atoms with Gasteiger partial charge in [0, 0.05) is 13.1 Å². The number of amides is 1. The Morgan fingerprint density at radius 3 is 2.81 bits per heavy atom. The van der Waals surface area contributed by atoms with E-state index in [0.717, 1.165) is 38.9 Å². The van der Waals surface area contributed by atoms with E-state index in [2.05, 4.69) is 31.4 Å². The Hall–Kier alpha value is -0.570. The molecule has 1 amide bonds. The normalized spacial score (nSPS) is 21.8. The third-order valence-electron chi connectivity index (χ3n) is 3.34. The summed E-state index contributed by atoms with van der Waals surface area (Å²) in [6, 6.07) is 0. The van der Waals surface area contributed by atoms with Crippen molar-refractivity contribution in [3.05, 3.63) is 0 Å². The van der Waals surface area contributed by atoms with Crippen LogP contribution >= 0.6 is 0 Å². The summed E-state index contributed by atoms with van der Waals surface area (Å²) in [4.78, 5) is 11.9. The molecule has 1 aliphatic heterocycles. The molecule has 94 valence electrons. The Kier molecular flexibility index (Phi) is 5.26. The molecule has 0 radical (unpaired) electrons. The van der Waals surface area contributed by atoms with Gasteiger partial charge < -0.3 is 10.6 Å². The van der Waals surface area contributed by atoms with E-state index in [-0.39, 0.29) is 17.2 Å². The van der Waals surface area contributed by atoms with Gasteiger partial charge in [0.2, 0.25) is 5.91 Å². The second kappa shape index (κ2) is 6.24. The van der Waals surface area contributed by atoms with Crippen molar-refractivity contribution in [3.8, 4) is 0 Å². The van der Waals surface area contributed by atoms with Crippen molar-refractivity contribution in [3.63, 3.8) is 0 Å². The smallest absolute Gasteiger partial charge is 0.224 e. The fraction of sp³-hybridized carbons (Fsp3) is 0.923. The number of piperidine rings is 1. The largest absolute Gasteiger partial charge is 0.355 e. The molecule has 0 aromatic rings. The summed E-state index contributed by atoms with van der Waals surface area (Å²) in [6.07, 6.45) is 4.49. The van der Waals surface area contributed by atoms with Gasteiger partial charge in [0.1, 0.15) is 0 Å². The van der Waals surface area contributed by atoms with E-state index in [4.69, 9.17) is 0 Å². The van der Waals surface area contributed by atoms with Gasteiger partial charge in [-0.05, 0) is 31.2 Å². The van der Waals surface area contributed by atoms with Gasteiger partial charge in [-0.3, -0.25) is 4.79 Å². The van der Waals surface area contributed by atoms with Crippen molar-refractivity contribution in [2.24, 2.45) is 11.3 Å². The minimum atomic E-state index is 0.186. The highest BCUT2D eigenvalue weighted by Gasteiger charge is 2.23. The zero-order valence-electron chi connectivity index (χ0n) is 10.9. The van der Waals surface area contributed by atoms with E-state index < -0.39 is 0 Å². The van der Waals surface area contributed by atoms with Gasteiger partial charge in [-0.25, -0.2) is 0 Å². The fourth-order valence-electron chi connectivity index (χ4n) is 2.31. The molecule has 1 unspecified atom stereocenters. The van der Waals surface area contributed by atoms with Gasteiger partial charge in [-0.15, -0.1) is 0 Å². The van der Waals surface area contributed by atoms with Crippen LogP contribution in [0.25, 0.3) is 0 Å². The highest BCUT2D eigenvalue weighted by Crippen LogP contribution is 2.21. The van der Waals surface area contributed by atoms with Crippen molar-refractivity contribution in [1.29, 1.82) is 0 Å². The van der Waals surface area contributed by atoms with Gasteiger partial charge >= 0.3 is 0 Å². The maximum Gasteiger partial charge on any atom is 0.224 e. The highest BCUT2D eigenvalue weighted by molar-refractivity contribution is 5.79. The molecule has 1 atom stereocenters. The molecule has 3 nitrogen and oxygen atoms in total. The Bertz CT molecular complexity index is 220. The quantitative estimate of drug-likeness (QED) is 0.752. The third-order valence-corrected chi connectivity index (χ3v) is 3.34. The van der Waals surface area contributed by atoms with Gasteiger partial charge in [-0.1, -0.05) is 27.2 Å². The fourth-order valence-corrected chi connectivity index (χ4v) is 2.31. The first-order valence-electron chi connectivity index (χ1n) is 6.53. The van der Waals surface area contributed by atoms with Crippen LogP contribution in [0, 0.1) is 11.3 Å². The predicted octanol–water partition coefficient (Wildman–Crippen LogP) is 1.93. The third kappa shape index (κ3) is 4.52. The monoisotopic (exact) mass is 226 g/mol. The standard InChI is InChI=1S/C13H26N2O/c1-4-7-13(2,3)10-15-12(16)11-6-5-8-14-9-11/h11,14H,4-10H2,1-3H3,(H,15,16). The van der Waals surface area contributed by atoms with Gasteiger partial charge in [0.05, 0.1) is 5.92 Å². The maximum absolute atomic E-state index is 11.9. The minimum absolute atomic E-state index is 0.186. The van der Waals surface area contributed by atoms with Gasteiger partial charge in [0.15, 0.2) is 0 Å². The molecule has 0 aromatic carbocycles. The number of hydrogen-bond acceptors (Lipinski definition) is 2. The average molecular weight is 226 g/mol. The summed E-state index contributed by atoms with van der Waals surface area (Å²) in [5.74, 6) is 0.419. The van der Waals surface area contributed by atoms with Crippen LogP contribution in [0.4, 0.5) is 0 Å². The van der Waals surface area contributed by atoms with Crippen LogP contribution in [0.3, 0.4) is 0 Å². The van der Waals surface area contributed by atoms with Crippen LogP contribution in [0.1, 0.15) is 46.5 Å². The SMILES string of the molecule is CCCC(C)(C)CNC(=O)C1CCCNC1. The molecule has 2 N–H and O–H groups in total. The van der Waals surface area contributed by atoms with Crippen molar-refractivity contribution in [1.82, 2.24) is 10.6 Å². The second-order valence-corrected chi connectivity index (χ2v) is 5.68. The Morgan fingerprint density at radius 2 is 2.25 bits per heavy atom.